The van der Waals surface area contributed by atoms with Crippen LogP contribution in [-0.4, -0.2) is 73.8 Å². The molecule has 2 heterocycles. The minimum absolute atomic E-state index is 0.00673. The van der Waals surface area contributed by atoms with Gasteiger partial charge in [-0.25, -0.2) is 13.2 Å². The van der Waals surface area contributed by atoms with Crippen molar-refractivity contribution in [3.8, 4) is 0 Å². The molecule has 0 spiro atoms. The van der Waals surface area contributed by atoms with Crippen LogP contribution in [0.3, 0.4) is 0 Å². The topological polar surface area (TPSA) is 141 Å². The molecule has 0 aliphatic carbocycles. The van der Waals surface area contributed by atoms with Crippen LogP contribution in [0.4, 0.5) is 4.79 Å². The van der Waals surface area contributed by atoms with Gasteiger partial charge in [0.1, 0.15) is 6.04 Å². The molecule has 1 aliphatic heterocycles. The third-order valence-electron chi connectivity index (χ3n) is 6.73. The summed E-state index contributed by atoms with van der Waals surface area (Å²) in [6.07, 6.45) is 0.753. The van der Waals surface area contributed by atoms with Crippen LogP contribution in [0.15, 0.2) is 77.8 Å². The van der Waals surface area contributed by atoms with E-state index in [2.05, 4.69) is 15.0 Å². The number of morpholine rings is 1. The highest BCUT2D eigenvalue weighted by Gasteiger charge is 2.31. The SMILES string of the molecule is O=C(NCC1COCCN1C(=O)O)[C@@H](Cc1c[nH]c2ccccc12)NS(=O)(=O)c1ccc2ccccc2c1. The van der Waals surface area contributed by atoms with Gasteiger partial charge in [0, 0.05) is 30.2 Å². The zero-order chi connectivity index (χ0) is 26.7. The number of carboxylic acid groups (broad SMARTS) is 1. The van der Waals surface area contributed by atoms with E-state index in [1.165, 1.54) is 11.0 Å². The molecule has 0 bridgehead atoms. The summed E-state index contributed by atoms with van der Waals surface area (Å²) in [5.41, 5.74) is 1.64. The number of carbonyl (C=O) groups is 2. The number of aromatic nitrogens is 1. The third kappa shape index (κ3) is 5.49. The van der Waals surface area contributed by atoms with Crippen LogP contribution in [0, 0.1) is 0 Å². The number of aromatic amines is 1. The molecule has 38 heavy (non-hydrogen) atoms. The monoisotopic (exact) mass is 536 g/mol. The second-order valence-electron chi connectivity index (χ2n) is 9.20. The molecule has 0 saturated carbocycles. The Kier molecular flexibility index (Phi) is 7.32. The average Bonchev–Trinajstić information content (AvgIpc) is 3.33. The summed E-state index contributed by atoms with van der Waals surface area (Å²) in [4.78, 5) is 29.4. The molecule has 11 heteroatoms. The van der Waals surface area contributed by atoms with Crippen LogP contribution in [0.25, 0.3) is 21.7 Å². The number of ether oxygens (including phenoxy) is 1. The summed E-state index contributed by atoms with van der Waals surface area (Å²) in [6, 6.07) is 18.1. The second kappa shape index (κ2) is 10.8. The zero-order valence-corrected chi connectivity index (χ0v) is 21.3. The van der Waals surface area contributed by atoms with Gasteiger partial charge < -0.3 is 20.1 Å². The molecule has 5 rings (SSSR count). The Morgan fingerprint density at radius 3 is 2.66 bits per heavy atom. The van der Waals surface area contributed by atoms with Gasteiger partial charge in [-0.15, -0.1) is 0 Å². The molecule has 1 fully saturated rings. The largest absolute Gasteiger partial charge is 0.465 e. The summed E-state index contributed by atoms with van der Waals surface area (Å²) in [5.74, 6) is -0.560. The van der Waals surface area contributed by atoms with Crippen molar-refractivity contribution in [3.05, 3.63) is 78.5 Å². The molecular weight excluding hydrogens is 508 g/mol. The molecule has 1 unspecified atom stereocenters. The molecule has 2 amide bonds. The van der Waals surface area contributed by atoms with Crippen LogP contribution < -0.4 is 10.0 Å². The molecule has 4 N–H and O–H groups in total. The lowest BCUT2D eigenvalue weighted by Gasteiger charge is -2.33. The second-order valence-corrected chi connectivity index (χ2v) is 10.9. The Bertz CT molecular complexity index is 1580. The molecule has 198 valence electrons. The molecule has 3 aromatic carbocycles. The zero-order valence-electron chi connectivity index (χ0n) is 20.5. The van der Waals surface area contributed by atoms with E-state index >= 15 is 0 Å². The van der Waals surface area contributed by atoms with Crippen LogP contribution in [0.2, 0.25) is 0 Å². The first kappa shape index (κ1) is 25.7. The van der Waals surface area contributed by atoms with Gasteiger partial charge in [-0.3, -0.25) is 9.69 Å². The average molecular weight is 537 g/mol. The summed E-state index contributed by atoms with van der Waals surface area (Å²) in [6.45, 7) is 0.616. The van der Waals surface area contributed by atoms with E-state index in [1.807, 2.05) is 48.5 Å². The van der Waals surface area contributed by atoms with Crippen molar-refractivity contribution in [1.82, 2.24) is 19.9 Å². The van der Waals surface area contributed by atoms with Gasteiger partial charge in [0.15, 0.2) is 0 Å². The van der Waals surface area contributed by atoms with Crippen molar-refractivity contribution in [2.45, 2.75) is 23.4 Å². The maximum absolute atomic E-state index is 13.4. The standard InChI is InChI=1S/C27H28N4O6S/c32-26(29-16-21-17-37-12-11-31(21)27(33)34)25(14-20-15-28-24-8-4-3-7-23(20)24)30-38(35,36)22-10-9-18-5-1-2-6-19(18)13-22/h1-10,13,15,21,25,28,30H,11-12,14,16-17H2,(H,29,32)(H,33,34)/t21?,25-/m1/s1. The van der Waals surface area contributed by atoms with Gasteiger partial charge in [0.25, 0.3) is 0 Å². The van der Waals surface area contributed by atoms with E-state index in [0.29, 0.717) is 0 Å². The lowest BCUT2D eigenvalue weighted by molar-refractivity contribution is -0.123. The van der Waals surface area contributed by atoms with E-state index in [1.54, 1.807) is 18.3 Å². The first-order valence-electron chi connectivity index (χ1n) is 12.2. The van der Waals surface area contributed by atoms with Gasteiger partial charge in [-0.05, 0) is 41.0 Å². The van der Waals surface area contributed by atoms with Crippen molar-refractivity contribution in [1.29, 1.82) is 0 Å². The normalized spacial score (nSPS) is 16.9. The number of nitrogens with zero attached hydrogens (tertiary/aromatic N) is 1. The van der Waals surface area contributed by atoms with Crippen molar-refractivity contribution < 1.29 is 27.9 Å². The Labute approximate surface area is 219 Å². The van der Waals surface area contributed by atoms with E-state index in [-0.39, 0.29) is 37.6 Å². The number of benzene rings is 3. The Morgan fingerprint density at radius 2 is 1.84 bits per heavy atom. The molecule has 1 saturated heterocycles. The number of amides is 2. The first-order valence-corrected chi connectivity index (χ1v) is 13.7. The molecular formula is C27H28N4O6S. The fraction of sp³-hybridized carbons (Fsp3) is 0.259. The lowest BCUT2D eigenvalue weighted by atomic mass is 10.0. The fourth-order valence-electron chi connectivity index (χ4n) is 4.72. The van der Waals surface area contributed by atoms with E-state index < -0.39 is 34.1 Å². The lowest BCUT2D eigenvalue weighted by Crippen LogP contribution is -2.55. The van der Waals surface area contributed by atoms with Gasteiger partial charge in [0.2, 0.25) is 15.9 Å². The number of fused-ring (bicyclic) bond motifs is 2. The number of hydrogen-bond donors (Lipinski definition) is 4. The number of sulfonamides is 1. The Balaban J connectivity index is 1.40. The number of para-hydroxylation sites is 1. The van der Waals surface area contributed by atoms with Crippen LogP contribution >= 0.6 is 0 Å². The van der Waals surface area contributed by atoms with Gasteiger partial charge in [-0.1, -0.05) is 48.5 Å². The van der Waals surface area contributed by atoms with E-state index in [0.717, 1.165) is 27.2 Å². The molecule has 4 aromatic rings. The Morgan fingerprint density at radius 1 is 1.08 bits per heavy atom. The van der Waals surface area contributed by atoms with E-state index in [4.69, 9.17) is 4.74 Å². The highest BCUT2D eigenvalue weighted by atomic mass is 32.2. The summed E-state index contributed by atoms with van der Waals surface area (Å²) in [7, 11) is -4.07. The van der Waals surface area contributed by atoms with Crippen molar-refractivity contribution >= 4 is 43.7 Å². The number of H-pyrrole nitrogens is 1. The summed E-state index contributed by atoms with van der Waals surface area (Å²) < 4.78 is 34.8. The maximum Gasteiger partial charge on any atom is 0.407 e. The van der Waals surface area contributed by atoms with Crippen molar-refractivity contribution in [2.75, 3.05) is 26.3 Å². The van der Waals surface area contributed by atoms with Gasteiger partial charge in [-0.2, -0.15) is 4.72 Å². The predicted molar refractivity (Wildman–Crippen MR) is 142 cm³/mol. The minimum atomic E-state index is -4.07. The smallest absolute Gasteiger partial charge is 0.407 e. The van der Waals surface area contributed by atoms with Crippen molar-refractivity contribution in [2.24, 2.45) is 0 Å². The van der Waals surface area contributed by atoms with Crippen LogP contribution in [0.1, 0.15) is 5.56 Å². The molecule has 10 nitrogen and oxygen atoms in total. The summed E-state index contributed by atoms with van der Waals surface area (Å²) in [5, 5.41) is 14.8. The number of carbonyl (C=O) groups excluding carboxylic acids is 1. The highest BCUT2D eigenvalue weighted by Crippen LogP contribution is 2.22. The number of rotatable bonds is 8. The fourth-order valence-corrected chi connectivity index (χ4v) is 5.95. The van der Waals surface area contributed by atoms with Gasteiger partial charge >= 0.3 is 6.09 Å². The quantitative estimate of drug-likeness (QED) is 0.273. The van der Waals surface area contributed by atoms with E-state index in [9.17, 15) is 23.1 Å². The number of nitrogens with one attached hydrogen (secondary N) is 3. The molecule has 0 radical (unpaired) electrons. The van der Waals surface area contributed by atoms with Crippen LogP contribution in [-0.2, 0) is 26.0 Å². The predicted octanol–water partition coefficient (Wildman–Crippen LogP) is 2.71. The molecule has 1 aliphatic rings. The maximum atomic E-state index is 13.4. The number of hydrogen-bond acceptors (Lipinski definition) is 5. The molecule has 2 atom stereocenters. The summed E-state index contributed by atoms with van der Waals surface area (Å²) >= 11 is 0. The first-order chi connectivity index (χ1) is 18.3. The van der Waals surface area contributed by atoms with Gasteiger partial charge in [0.05, 0.1) is 24.2 Å². The van der Waals surface area contributed by atoms with Crippen molar-refractivity contribution in [3.63, 3.8) is 0 Å². The minimum Gasteiger partial charge on any atom is -0.465 e. The third-order valence-corrected chi connectivity index (χ3v) is 8.20. The van der Waals surface area contributed by atoms with Crippen LogP contribution in [0.5, 0.6) is 0 Å². The Hall–Kier alpha value is -3.93. The molecule has 1 aromatic heterocycles. The highest BCUT2D eigenvalue weighted by molar-refractivity contribution is 7.89.